The van der Waals surface area contributed by atoms with Crippen LogP contribution in [-0.4, -0.2) is 21.2 Å². The molecule has 104 valence electrons. The summed E-state index contributed by atoms with van der Waals surface area (Å²) in [6, 6.07) is 9.55. The second kappa shape index (κ2) is 5.41. The number of phenols is 1. The fraction of sp³-hybridized carbons (Fsp3) is 0. The van der Waals surface area contributed by atoms with Crippen LogP contribution in [0.4, 0.5) is 10.5 Å². The van der Waals surface area contributed by atoms with E-state index in [9.17, 15) is 14.7 Å². The number of aromatic hydroxyl groups is 1. The summed E-state index contributed by atoms with van der Waals surface area (Å²) in [7, 11) is 0. The van der Waals surface area contributed by atoms with Gasteiger partial charge in [-0.2, -0.15) is 0 Å². The van der Waals surface area contributed by atoms with Gasteiger partial charge in [-0.3, -0.25) is 14.6 Å². The average molecular weight is 298 g/mol. The number of carbonyl (C=O) groups is 2. The highest BCUT2D eigenvalue weighted by molar-refractivity contribution is 8.19. The zero-order valence-electron chi connectivity index (χ0n) is 10.8. The first-order valence-corrected chi connectivity index (χ1v) is 6.94. The number of amides is 2. The van der Waals surface area contributed by atoms with Crippen molar-refractivity contribution < 1.29 is 14.7 Å². The fourth-order valence-corrected chi connectivity index (χ4v) is 2.77. The van der Waals surface area contributed by atoms with E-state index in [0.29, 0.717) is 10.6 Å². The molecular formula is C15H10N2O3S. The number of phenolic OH excluding ortho intramolecular Hbond substituents is 1. The van der Waals surface area contributed by atoms with Crippen LogP contribution in [-0.2, 0) is 4.79 Å². The molecule has 6 heteroatoms. The Kier molecular flexibility index (Phi) is 3.45. The first-order chi connectivity index (χ1) is 10.1. The quantitative estimate of drug-likeness (QED) is 0.863. The van der Waals surface area contributed by atoms with E-state index in [1.165, 1.54) is 12.1 Å². The Hall–Kier alpha value is -2.60. The van der Waals surface area contributed by atoms with Gasteiger partial charge in [0.25, 0.3) is 11.1 Å². The van der Waals surface area contributed by atoms with Crippen molar-refractivity contribution in [3.05, 3.63) is 59.3 Å². The Morgan fingerprint density at radius 1 is 1.14 bits per heavy atom. The van der Waals surface area contributed by atoms with Crippen molar-refractivity contribution in [3.8, 4) is 5.75 Å². The highest BCUT2D eigenvalue weighted by Gasteiger charge is 2.36. The first-order valence-electron chi connectivity index (χ1n) is 6.12. The largest absolute Gasteiger partial charge is 0.508 e. The molecule has 5 nitrogen and oxygen atoms in total. The summed E-state index contributed by atoms with van der Waals surface area (Å²) in [4.78, 5) is 29.7. The minimum Gasteiger partial charge on any atom is -0.508 e. The number of carbonyl (C=O) groups excluding carboxylic acids is 2. The molecule has 1 aromatic carbocycles. The van der Waals surface area contributed by atoms with Crippen LogP contribution in [0.5, 0.6) is 5.75 Å². The van der Waals surface area contributed by atoms with Crippen LogP contribution in [0.15, 0.2) is 53.7 Å². The molecule has 1 N–H and O–H groups in total. The van der Waals surface area contributed by atoms with Gasteiger partial charge in [-0.1, -0.05) is 6.07 Å². The maximum absolute atomic E-state index is 12.4. The van der Waals surface area contributed by atoms with Crippen LogP contribution < -0.4 is 4.90 Å². The number of aromatic nitrogens is 1. The van der Waals surface area contributed by atoms with Gasteiger partial charge in [0.15, 0.2) is 0 Å². The zero-order chi connectivity index (χ0) is 14.8. The van der Waals surface area contributed by atoms with Gasteiger partial charge in [0, 0.05) is 18.5 Å². The van der Waals surface area contributed by atoms with Crippen molar-refractivity contribution in [1.29, 1.82) is 0 Å². The summed E-state index contributed by atoms with van der Waals surface area (Å²) in [6.45, 7) is 0. The molecule has 1 fully saturated rings. The molecular weight excluding hydrogens is 288 g/mol. The van der Waals surface area contributed by atoms with E-state index in [0.717, 1.165) is 22.2 Å². The Morgan fingerprint density at radius 3 is 2.62 bits per heavy atom. The molecule has 1 aromatic heterocycles. The molecule has 0 spiro atoms. The SMILES string of the molecule is O=C1SC(=Cc2ccncc2)C(=O)N1c1cccc(O)c1. The number of benzene rings is 1. The third-order valence-corrected chi connectivity index (χ3v) is 3.76. The highest BCUT2D eigenvalue weighted by Crippen LogP contribution is 2.36. The minimum absolute atomic E-state index is 0.00432. The summed E-state index contributed by atoms with van der Waals surface area (Å²) in [5.41, 5.74) is 1.15. The number of thioether (sulfide) groups is 1. The summed E-state index contributed by atoms with van der Waals surface area (Å²) in [5.74, 6) is -0.392. The van der Waals surface area contributed by atoms with Gasteiger partial charge in [-0.15, -0.1) is 0 Å². The van der Waals surface area contributed by atoms with Crippen molar-refractivity contribution in [1.82, 2.24) is 4.98 Å². The van der Waals surface area contributed by atoms with Crippen molar-refractivity contribution in [2.24, 2.45) is 0 Å². The van der Waals surface area contributed by atoms with Crippen LogP contribution in [0.3, 0.4) is 0 Å². The molecule has 1 aliphatic rings. The van der Waals surface area contributed by atoms with Crippen LogP contribution in [0, 0.1) is 0 Å². The molecule has 0 atom stereocenters. The second-order valence-corrected chi connectivity index (χ2v) is 5.31. The lowest BCUT2D eigenvalue weighted by atomic mass is 10.2. The van der Waals surface area contributed by atoms with Gasteiger partial charge in [-0.05, 0) is 47.7 Å². The molecule has 1 saturated heterocycles. The normalized spacial score (nSPS) is 16.8. The van der Waals surface area contributed by atoms with Crippen molar-refractivity contribution in [2.45, 2.75) is 0 Å². The van der Waals surface area contributed by atoms with Crippen molar-refractivity contribution in [3.63, 3.8) is 0 Å². The molecule has 0 unspecified atom stereocenters. The number of nitrogens with zero attached hydrogens (tertiary/aromatic N) is 2. The van der Waals surface area contributed by atoms with Crippen LogP contribution in [0.25, 0.3) is 6.08 Å². The molecule has 2 heterocycles. The van der Waals surface area contributed by atoms with Gasteiger partial charge in [0.1, 0.15) is 5.75 Å². The lowest BCUT2D eigenvalue weighted by molar-refractivity contribution is -0.113. The van der Waals surface area contributed by atoms with E-state index in [1.807, 2.05) is 0 Å². The molecule has 0 saturated carbocycles. The summed E-state index contributed by atoms with van der Waals surface area (Å²) in [5, 5.41) is 9.09. The van der Waals surface area contributed by atoms with Crippen molar-refractivity contribution in [2.75, 3.05) is 4.90 Å². The van der Waals surface area contributed by atoms with E-state index >= 15 is 0 Å². The lowest BCUT2D eigenvalue weighted by Crippen LogP contribution is -2.27. The number of rotatable bonds is 2. The highest BCUT2D eigenvalue weighted by atomic mass is 32.2. The molecule has 2 amide bonds. The van der Waals surface area contributed by atoms with E-state index in [1.54, 1.807) is 42.7 Å². The van der Waals surface area contributed by atoms with Crippen molar-refractivity contribution >= 4 is 34.7 Å². The maximum Gasteiger partial charge on any atom is 0.298 e. The zero-order valence-corrected chi connectivity index (χ0v) is 11.6. The molecule has 21 heavy (non-hydrogen) atoms. The number of imide groups is 1. The molecule has 3 rings (SSSR count). The Balaban J connectivity index is 1.94. The van der Waals surface area contributed by atoms with Crippen LogP contribution >= 0.6 is 11.8 Å². The van der Waals surface area contributed by atoms with Gasteiger partial charge in [-0.25, -0.2) is 4.90 Å². The number of pyridine rings is 1. The number of anilines is 1. The van der Waals surface area contributed by atoms with Gasteiger partial charge in [0.2, 0.25) is 0 Å². The predicted molar refractivity (Wildman–Crippen MR) is 80.8 cm³/mol. The summed E-state index contributed by atoms with van der Waals surface area (Å²) in [6.07, 6.45) is 4.88. The lowest BCUT2D eigenvalue weighted by Gasteiger charge is -2.12. The van der Waals surface area contributed by atoms with Gasteiger partial charge >= 0.3 is 0 Å². The van der Waals surface area contributed by atoms with E-state index in [-0.39, 0.29) is 11.0 Å². The molecule has 0 aliphatic carbocycles. The summed E-state index contributed by atoms with van der Waals surface area (Å²) >= 11 is 0.874. The Labute approximate surface area is 124 Å². The average Bonchev–Trinajstić information content (AvgIpc) is 2.74. The Morgan fingerprint density at radius 2 is 1.90 bits per heavy atom. The van der Waals surface area contributed by atoms with E-state index in [4.69, 9.17) is 0 Å². The fourth-order valence-electron chi connectivity index (χ4n) is 1.93. The minimum atomic E-state index is -0.396. The number of hydrogen-bond donors (Lipinski definition) is 1. The molecule has 0 bridgehead atoms. The topological polar surface area (TPSA) is 70.5 Å². The molecule has 2 aromatic rings. The predicted octanol–water partition coefficient (Wildman–Crippen LogP) is 3.03. The maximum atomic E-state index is 12.4. The van der Waals surface area contributed by atoms with E-state index in [2.05, 4.69) is 4.98 Å². The monoisotopic (exact) mass is 298 g/mol. The van der Waals surface area contributed by atoms with Gasteiger partial charge in [0.05, 0.1) is 10.6 Å². The van der Waals surface area contributed by atoms with Crippen LogP contribution in [0.1, 0.15) is 5.56 Å². The first kappa shape index (κ1) is 13.4. The van der Waals surface area contributed by atoms with Gasteiger partial charge < -0.3 is 5.11 Å². The summed E-state index contributed by atoms with van der Waals surface area (Å²) < 4.78 is 0. The third-order valence-electron chi connectivity index (χ3n) is 2.89. The molecule has 0 radical (unpaired) electrons. The Bertz CT molecular complexity index is 744. The number of hydrogen-bond acceptors (Lipinski definition) is 5. The standard InChI is InChI=1S/C15H10N2O3S/c18-12-3-1-2-11(9-12)17-14(19)13(21-15(17)20)8-10-4-6-16-7-5-10/h1-9,18H. The third kappa shape index (κ3) is 2.66. The smallest absolute Gasteiger partial charge is 0.298 e. The van der Waals surface area contributed by atoms with Crippen LogP contribution in [0.2, 0.25) is 0 Å². The van der Waals surface area contributed by atoms with E-state index < -0.39 is 5.91 Å². The second-order valence-electron chi connectivity index (χ2n) is 4.32. The molecule has 1 aliphatic heterocycles.